The van der Waals surface area contributed by atoms with E-state index >= 15 is 0 Å². The second-order valence-electron chi connectivity index (χ2n) is 8.11. The number of benzene rings is 2. The summed E-state index contributed by atoms with van der Waals surface area (Å²) in [6.07, 6.45) is -1.53. The fourth-order valence-corrected chi connectivity index (χ4v) is 4.02. The van der Waals surface area contributed by atoms with Crippen LogP contribution < -0.4 is 10.1 Å². The molecule has 1 amide bonds. The number of aromatic nitrogens is 1. The van der Waals surface area contributed by atoms with E-state index in [1.54, 1.807) is 18.2 Å². The molecule has 0 spiro atoms. The van der Waals surface area contributed by atoms with Gasteiger partial charge in [-0.3, -0.25) is 9.78 Å². The molecule has 0 aliphatic heterocycles. The number of nitrogens with one attached hydrogen (secondary N) is 1. The van der Waals surface area contributed by atoms with E-state index in [0.717, 1.165) is 24.5 Å². The van der Waals surface area contributed by atoms with Crippen LogP contribution in [0.15, 0.2) is 66.9 Å². The van der Waals surface area contributed by atoms with Crippen LogP contribution in [-0.2, 0) is 22.9 Å². The Labute approximate surface area is 194 Å². The molecule has 4 rings (SSSR count). The molecular formula is C25H22ClF3N2O2. The van der Waals surface area contributed by atoms with Gasteiger partial charge in [-0.1, -0.05) is 48.0 Å². The molecule has 1 aromatic heterocycles. The molecule has 1 saturated carbocycles. The smallest absolute Gasteiger partial charge is 0.419 e. The molecule has 1 N–H and O–H groups in total. The first-order valence-corrected chi connectivity index (χ1v) is 10.8. The van der Waals surface area contributed by atoms with Gasteiger partial charge in [0.2, 0.25) is 5.91 Å². The lowest BCUT2D eigenvalue weighted by molar-refractivity contribution is -0.138. The SMILES string of the molecule is COc1ccc([C@@](Cc2ccccc2)(NC(=O)C2CC2)c2ccc(Cl)cn2)cc1C(F)(F)F. The minimum atomic E-state index is -4.65. The van der Waals surface area contributed by atoms with Crippen LogP contribution in [0, 0.1) is 5.92 Å². The molecule has 1 fully saturated rings. The van der Waals surface area contributed by atoms with E-state index in [-0.39, 0.29) is 29.6 Å². The summed E-state index contributed by atoms with van der Waals surface area (Å²) in [7, 11) is 1.19. The lowest BCUT2D eigenvalue weighted by Crippen LogP contribution is -2.49. The van der Waals surface area contributed by atoms with E-state index < -0.39 is 17.3 Å². The third-order valence-electron chi connectivity index (χ3n) is 5.76. The van der Waals surface area contributed by atoms with Crippen molar-refractivity contribution in [3.05, 3.63) is 94.3 Å². The number of nitrogens with zero attached hydrogens (tertiary/aromatic N) is 1. The molecule has 0 saturated heterocycles. The fourth-order valence-electron chi connectivity index (χ4n) is 3.90. The standard InChI is InChI=1S/C25H22ClF3N2O2/c1-33-21-11-9-18(13-20(21)25(27,28)29)24(31-23(32)17-7-8-17,14-16-5-3-2-4-6-16)22-12-10-19(26)15-30-22/h2-6,9-13,15,17H,7-8,14H2,1H3,(H,31,32)/t24-/m1/s1. The number of hydrogen-bond donors (Lipinski definition) is 1. The number of pyridine rings is 1. The van der Waals surface area contributed by atoms with Crippen LogP contribution in [0.5, 0.6) is 5.75 Å². The van der Waals surface area contributed by atoms with Crippen LogP contribution in [0.25, 0.3) is 0 Å². The number of alkyl halides is 3. The summed E-state index contributed by atoms with van der Waals surface area (Å²) in [6, 6.07) is 16.4. The first-order valence-electron chi connectivity index (χ1n) is 10.5. The van der Waals surface area contributed by atoms with Crippen molar-refractivity contribution in [3.63, 3.8) is 0 Å². The van der Waals surface area contributed by atoms with E-state index in [1.807, 2.05) is 30.3 Å². The molecule has 1 atom stereocenters. The Bertz CT molecular complexity index is 1130. The zero-order valence-corrected chi connectivity index (χ0v) is 18.6. The van der Waals surface area contributed by atoms with Gasteiger partial charge in [0, 0.05) is 18.5 Å². The number of halogens is 4. The first kappa shape index (κ1) is 23.1. The van der Waals surface area contributed by atoms with E-state index in [4.69, 9.17) is 16.3 Å². The highest BCUT2D eigenvalue weighted by atomic mass is 35.5. The number of ether oxygens (including phenoxy) is 1. The van der Waals surface area contributed by atoms with Gasteiger partial charge in [0.25, 0.3) is 0 Å². The largest absolute Gasteiger partial charge is 0.496 e. The summed E-state index contributed by atoms with van der Waals surface area (Å²) >= 11 is 6.04. The van der Waals surface area contributed by atoms with Crippen LogP contribution in [0.2, 0.25) is 5.02 Å². The molecule has 172 valence electrons. The van der Waals surface area contributed by atoms with Gasteiger partial charge in [0.05, 0.1) is 23.4 Å². The molecule has 8 heteroatoms. The van der Waals surface area contributed by atoms with Gasteiger partial charge in [0.1, 0.15) is 11.3 Å². The molecule has 1 aliphatic carbocycles. The highest BCUT2D eigenvalue weighted by Crippen LogP contribution is 2.42. The molecule has 1 aliphatic rings. The van der Waals surface area contributed by atoms with Crippen molar-refractivity contribution in [3.8, 4) is 5.75 Å². The zero-order valence-electron chi connectivity index (χ0n) is 17.8. The molecule has 4 nitrogen and oxygen atoms in total. The van der Waals surface area contributed by atoms with E-state index in [1.165, 1.54) is 19.4 Å². The molecule has 1 heterocycles. The third-order valence-corrected chi connectivity index (χ3v) is 5.98. The average Bonchev–Trinajstić information content (AvgIpc) is 3.64. The predicted molar refractivity (Wildman–Crippen MR) is 119 cm³/mol. The van der Waals surface area contributed by atoms with Crippen molar-refractivity contribution in [2.75, 3.05) is 7.11 Å². The highest BCUT2D eigenvalue weighted by Gasteiger charge is 2.43. The summed E-state index contributed by atoms with van der Waals surface area (Å²) < 4.78 is 46.6. The average molecular weight is 475 g/mol. The maximum absolute atomic E-state index is 13.9. The number of amides is 1. The van der Waals surface area contributed by atoms with Crippen LogP contribution in [0.3, 0.4) is 0 Å². The van der Waals surface area contributed by atoms with Gasteiger partial charge in [-0.15, -0.1) is 0 Å². The van der Waals surface area contributed by atoms with E-state index in [2.05, 4.69) is 10.3 Å². The summed E-state index contributed by atoms with van der Waals surface area (Å²) in [4.78, 5) is 17.4. The number of carbonyl (C=O) groups excluding carboxylic acids is 1. The van der Waals surface area contributed by atoms with E-state index in [0.29, 0.717) is 10.7 Å². The first-order chi connectivity index (χ1) is 15.7. The lowest BCUT2D eigenvalue weighted by atomic mass is 9.79. The molecule has 33 heavy (non-hydrogen) atoms. The normalized spacial score (nSPS) is 15.5. The number of rotatable bonds is 7. The zero-order chi connectivity index (χ0) is 23.6. The van der Waals surface area contributed by atoms with Crippen molar-refractivity contribution < 1.29 is 22.7 Å². The molecule has 0 unspecified atom stereocenters. The third kappa shape index (κ3) is 4.98. The van der Waals surface area contributed by atoms with Gasteiger partial charge in [-0.05, 0) is 48.2 Å². The molecule has 0 radical (unpaired) electrons. The summed E-state index contributed by atoms with van der Waals surface area (Å²) in [6.45, 7) is 0. The quantitative estimate of drug-likeness (QED) is 0.472. The molecule has 0 bridgehead atoms. The Morgan fingerprint density at radius 3 is 2.42 bits per heavy atom. The number of carbonyl (C=O) groups is 1. The topological polar surface area (TPSA) is 51.2 Å². The molecule has 2 aromatic carbocycles. The summed E-state index contributed by atoms with van der Waals surface area (Å²) in [5.41, 5.74) is -0.798. The number of methoxy groups -OCH3 is 1. The van der Waals surface area contributed by atoms with Gasteiger partial charge < -0.3 is 10.1 Å². The van der Waals surface area contributed by atoms with E-state index in [9.17, 15) is 18.0 Å². The van der Waals surface area contributed by atoms with Crippen molar-refractivity contribution in [2.24, 2.45) is 5.92 Å². The second kappa shape index (κ2) is 9.06. The summed E-state index contributed by atoms with van der Waals surface area (Å²) in [5, 5.41) is 3.44. The molecular weight excluding hydrogens is 453 g/mol. The maximum Gasteiger partial charge on any atom is 0.419 e. The summed E-state index contributed by atoms with van der Waals surface area (Å²) in [5.74, 6) is -0.669. The Kier molecular flexibility index (Phi) is 6.34. The minimum Gasteiger partial charge on any atom is -0.496 e. The van der Waals surface area contributed by atoms with Gasteiger partial charge in [0.15, 0.2) is 0 Å². The Morgan fingerprint density at radius 1 is 1.12 bits per heavy atom. The monoisotopic (exact) mass is 474 g/mol. The van der Waals surface area contributed by atoms with Crippen molar-refractivity contribution in [2.45, 2.75) is 31.0 Å². The van der Waals surface area contributed by atoms with Crippen molar-refractivity contribution in [1.29, 1.82) is 0 Å². The maximum atomic E-state index is 13.9. The fraction of sp³-hybridized carbons (Fsp3) is 0.280. The molecule has 3 aromatic rings. The predicted octanol–water partition coefficient (Wildman–Crippen LogP) is 5.77. The second-order valence-corrected chi connectivity index (χ2v) is 8.54. The van der Waals surface area contributed by atoms with Crippen LogP contribution in [0.4, 0.5) is 13.2 Å². The van der Waals surface area contributed by atoms with Gasteiger partial charge in [-0.2, -0.15) is 13.2 Å². The van der Waals surface area contributed by atoms with Gasteiger partial charge >= 0.3 is 6.18 Å². The lowest BCUT2D eigenvalue weighted by Gasteiger charge is -2.36. The van der Waals surface area contributed by atoms with Crippen LogP contribution in [0.1, 0.15) is 35.2 Å². The van der Waals surface area contributed by atoms with Crippen LogP contribution >= 0.6 is 11.6 Å². The van der Waals surface area contributed by atoms with Crippen molar-refractivity contribution >= 4 is 17.5 Å². The van der Waals surface area contributed by atoms with Gasteiger partial charge in [-0.25, -0.2) is 0 Å². The van der Waals surface area contributed by atoms with Crippen LogP contribution in [-0.4, -0.2) is 18.0 Å². The Morgan fingerprint density at radius 2 is 1.85 bits per heavy atom. The van der Waals surface area contributed by atoms with Crippen molar-refractivity contribution in [1.82, 2.24) is 10.3 Å². The minimum absolute atomic E-state index is 0.159. The number of hydrogen-bond acceptors (Lipinski definition) is 3. The highest BCUT2D eigenvalue weighted by molar-refractivity contribution is 6.30. The Hall–Kier alpha value is -3.06. The Balaban J connectivity index is 1.95.